The van der Waals surface area contributed by atoms with Gasteiger partial charge in [0.2, 0.25) is 15.9 Å². The molecule has 0 spiro atoms. The third-order valence-corrected chi connectivity index (χ3v) is 5.89. The third-order valence-electron chi connectivity index (χ3n) is 3.79. The van der Waals surface area contributed by atoms with E-state index in [0.717, 1.165) is 0 Å². The lowest BCUT2D eigenvalue weighted by Gasteiger charge is -2.41. The zero-order valence-corrected chi connectivity index (χ0v) is 13.3. The van der Waals surface area contributed by atoms with Gasteiger partial charge in [0.05, 0.1) is 4.90 Å². The van der Waals surface area contributed by atoms with Crippen molar-refractivity contribution in [1.29, 1.82) is 0 Å². The first-order chi connectivity index (χ1) is 9.66. The second-order valence-corrected chi connectivity index (χ2v) is 7.77. The van der Waals surface area contributed by atoms with Crippen LogP contribution in [0.25, 0.3) is 0 Å². The monoisotopic (exact) mass is 311 g/mol. The first kappa shape index (κ1) is 15.9. The molecule has 1 aromatic rings. The van der Waals surface area contributed by atoms with Gasteiger partial charge >= 0.3 is 0 Å². The second kappa shape index (κ2) is 5.40. The van der Waals surface area contributed by atoms with Gasteiger partial charge in [0.25, 0.3) is 0 Å². The summed E-state index contributed by atoms with van der Waals surface area (Å²) in [5.74, 6) is -0.621. The highest BCUT2D eigenvalue weighted by Crippen LogP contribution is 2.27. The molecule has 0 radical (unpaired) electrons. The van der Waals surface area contributed by atoms with Crippen LogP contribution in [0.15, 0.2) is 23.1 Å². The Bertz CT molecular complexity index is 668. The van der Waals surface area contributed by atoms with Crippen molar-refractivity contribution < 1.29 is 13.2 Å². The van der Waals surface area contributed by atoms with Gasteiger partial charge in [-0.2, -0.15) is 4.31 Å². The molecule has 1 heterocycles. The van der Waals surface area contributed by atoms with Crippen LogP contribution < -0.4 is 11.1 Å². The number of primary amides is 1. The number of aryl methyl sites for hydroxylation is 1. The van der Waals surface area contributed by atoms with Crippen LogP contribution in [-0.2, 0) is 10.0 Å². The van der Waals surface area contributed by atoms with Crippen LogP contribution in [0.5, 0.6) is 0 Å². The minimum absolute atomic E-state index is 0.108. The lowest BCUT2D eigenvalue weighted by Crippen LogP contribution is -2.59. The van der Waals surface area contributed by atoms with Gasteiger partial charge in [-0.1, -0.05) is 6.07 Å². The van der Waals surface area contributed by atoms with Crippen LogP contribution in [0.3, 0.4) is 0 Å². The molecule has 0 aliphatic carbocycles. The van der Waals surface area contributed by atoms with Gasteiger partial charge in [-0.25, -0.2) is 8.42 Å². The minimum atomic E-state index is -3.66. The number of carbonyl (C=O) groups excluding carboxylic acids is 1. The Kier molecular flexibility index (Phi) is 4.10. The summed E-state index contributed by atoms with van der Waals surface area (Å²) in [6.45, 7) is 7.07. The van der Waals surface area contributed by atoms with Crippen LogP contribution in [0.4, 0.5) is 0 Å². The van der Waals surface area contributed by atoms with Gasteiger partial charge < -0.3 is 11.1 Å². The number of sulfonamides is 1. The molecule has 0 unspecified atom stereocenters. The maximum Gasteiger partial charge on any atom is 0.249 e. The van der Waals surface area contributed by atoms with Gasteiger partial charge in [-0.05, 0) is 38.5 Å². The smallest absolute Gasteiger partial charge is 0.249 e. The molecule has 0 aromatic heterocycles. The molecule has 3 N–H and O–H groups in total. The van der Waals surface area contributed by atoms with Gasteiger partial charge in [0.1, 0.15) is 0 Å². The predicted octanol–water partition coefficient (Wildman–Crippen LogP) is 0.466. The SMILES string of the molecule is Cc1ccc(S(=O)(=O)N2CCNCC2(C)C)cc1C(N)=O. The van der Waals surface area contributed by atoms with Crippen LogP contribution in [0.2, 0.25) is 0 Å². The fourth-order valence-electron chi connectivity index (χ4n) is 2.57. The molecule has 1 aliphatic rings. The van der Waals surface area contributed by atoms with Crippen LogP contribution >= 0.6 is 0 Å². The molecule has 1 amide bonds. The van der Waals surface area contributed by atoms with Crippen molar-refractivity contribution in [2.45, 2.75) is 31.2 Å². The van der Waals surface area contributed by atoms with E-state index in [9.17, 15) is 13.2 Å². The van der Waals surface area contributed by atoms with Crippen molar-refractivity contribution in [3.05, 3.63) is 29.3 Å². The quantitative estimate of drug-likeness (QED) is 0.848. The van der Waals surface area contributed by atoms with E-state index < -0.39 is 21.5 Å². The van der Waals surface area contributed by atoms with Gasteiger partial charge in [0, 0.05) is 30.7 Å². The van der Waals surface area contributed by atoms with E-state index in [0.29, 0.717) is 25.2 Å². The van der Waals surface area contributed by atoms with Crippen molar-refractivity contribution >= 4 is 15.9 Å². The molecule has 21 heavy (non-hydrogen) atoms. The number of amides is 1. The maximum absolute atomic E-state index is 12.8. The van der Waals surface area contributed by atoms with E-state index in [2.05, 4.69) is 5.32 Å². The molecule has 1 aliphatic heterocycles. The predicted molar refractivity (Wildman–Crippen MR) is 80.5 cm³/mol. The van der Waals surface area contributed by atoms with Crippen LogP contribution in [-0.4, -0.2) is 43.8 Å². The summed E-state index contributed by atoms with van der Waals surface area (Å²) in [5, 5.41) is 3.19. The zero-order valence-electron chi connectivity index (χ0n) is 12.5. The van der Waals surface area contributed by atoms with Gasteiger partial charge in [-0.15, -0.1) is 0 Å². The number of carbonyl (C=O) groups is 1. The highest BCUT2D eigenvalue weighted by Gasteiger charge is 2.39. The van der Waals surface area contributed by atoms with Gasteiger partial charge in [-0.3, -0.25) is 4.79 Å². The van der Waals surface area contributed by atoms with E-state index >= 15 is 0 Å². The van der Waals surface area contributed by atoms with E-state index in [1.165, 1.54) is 16.4 Å². The molecule has 6 nitrogen and oxygen atoms in total. The average molecular weight is 311 g/mol. The number of piperazine rings is 1. The lowest BCUT2D eigenvalue weighted by molar-refractivity contribution is 0.0999. The highest BCUT2D eigenvalue weighted by molar-refractivity contribution is 7.89. The molecule has 0 saturated carbocycles. The topological polar surface area (TPSA) is 92.5 Å². The molecule has 1 aromatic carbocycles. The Balaban J connectivity index is 2.49. The van der Waals surface area contributed by atoms with E-state index in [-0.39, 0.29) is 10.5 Å². The third kappa shape index (κ3) is 2.95. The van der Waals surface area contributed by atoms with Crippen molar-refractivity contribution in [1.82, 2.24) is 9.62 Å². The molecule has 0 bridgehead atoms. The second-order valence-electron chi connectivity index (χ2n) is 5.91. The normalized spacial score (nSPS) is 19.4. The van der Waals surface area contributed by atoms with Crippen molar-refractivity contribution in [2.75, 3.05) is 19.6 Å². The molecule has 1 saturated heterocycles. The number of nitrogens with zero attached hydrogens (tertiary/aromatic N) is 1. The number of hydrogen-bond donors (Lipinski definition) is 2. The number of nitrogens with two attached hydrogens (primary N) is 1. The zero-order chi connectivity index (χ0) is 15.8. The summed E-state index contributed by atoms with van der Waals surface area (Å²) in [6.07, 6.45) is 0. The number of benzene rings is 1. The van der Waals surface area contributed by atoms with Crippen LogP contribution in [0.1, 0.15) is 29.8 Å². The Morgan fingerprint density at radius 2 is 2.05 bits per heavy atom. The fourth-order valence-corrected chi connectivity index (χ4v) is 4.37. The standard InChI is InChI=1S/C14H21N3O3S/c1-10-4-5-11(8-12(10)13(15)18)21(19,20)17-7-6-16-9-14(17,2)3/h4-5,8,16H,6-7,9H2,1-3H3,(H2,15,18). The van der Waals surface area contributed by atoms with E-state index in [1.807, 2.05) is 13.8 Å². The van der Waals surface area contributed by atoms with Crippen molar-refractivity contribution in [2.24, 2.45) is 5.73 Å². The first-order valence-corrected chi connectivity index (χ1v) is 8.24. The molecule has 0 atom stereocenters. The number of nitrogens with one attached hydrogen (secondary N) is 1. The maximum atomic E-state index is 12.8. The molecule has 2 rings (SSSR count). The molecule has 7 heteroatoms. The number of hydrogen-bond acceptors (Lipinski definition) is 4. The summed E-state index contributed by atoms with van der Waals surface area (Å²) in [5.41, 5.74) is 5.69. The van der Waals surface area contributed by atoms with Crippen molar-refractivity contribution in [3.8, 4) is 0 Å². The molecule has 116 valence electrons. The lowest BCUT2D eigenvalue weighted by atomic mass is 10.0. The summed E-state index contributed by atoms with van der Waals surface area (Å²) in [7, 11) is -3.66. The van der Waals surface area contributed by atoms with E-state index in [1.54, 1.807) is 13.0 Å². The largest absolute Gasteiger partial charge is 0.366 e. The van der Waals surface area contributed by atoms with Gasteiger partial charge in [0.15, 0.2) is 0 Å². The van der Waals surface area contributed by atoms with Crippen LogP contribution in [0, 0.1) is 6.92 Å². The van der Waals surface area contributed by atoms with E-state index in [4.69, 9.17) is 5.73 Å². The summed E-state index contributed by atoms with van der Waals surface area (Å²) < 4.78 is 27.1. The number of rotatable bonds is 3. The molecule has 1 fully saturated rings. The molecular weight excluding hydrogens is 290 g/mol. The summed E-state index contributed by atoms with van der Waals surface area (Å²) in [6, 6.07) is 4.50. The first-order valence-electron chi connectivity index (χ1n) is 6.80. The summed E-state index contributed by atoms with van der Waals surface area (Å²) >= 11 is 0. The Labute approximate surface area is 125 Å². The summed E-state index contributed by atoms with van der Waals surface area (Å²) in [4.78, 5) is 11.5. The fraction of sp³-hybridized carbons (Fsp3) is 0.500. The Hall–Kier alpha value is -1.44. The Morgan fingerprint density at radius 1 is 1.38 bits per heavy atom. The molecular formula is C14H21N3O3S. The highest BCUT2D eigenvalue weighted by atomic mass is 32.2. The average Bonchev–Trinajstić information content (AvgIpc) is 2.37. The Morgan fingerprint density at radius 3 is 2.62 bits per heavy atom. The minimum Gasteiger partial charge on any atom is -0.366 e. The van der Waals surface area contributed by atoms with Crippen molar-refractivity contribution in [3.63, 3.8) is 0 Å².